The molecule has 1 aromatic heterocycles. The van der Waals surface area contributed by atoms with Gasteiger partial charge in [-0.25, -0.2) is 9.18 Å². The topological polar surface area (TPSA) is 70.8 Å². The lowest BCUT2D eigenvalue weighted by Crippen LogP contribution is -2.41. The van der Waals surface area contributed by atoms with Gasteiger partial charge in [0, 0.05) is 42.0 Å². The number of anilines is 1. The molecule has 3 aromatic rings. The molecule has 6 rings (SSSR count). The molecule has 3 unspecified atom stereocenters. The molecule has 2 fully saturated rings. The summed E-state index contributed by atoms with van der Waals surface area (Å²) in [7, 11) is 2.20. The number of hydrogen-bond donors (Lipinski definition) is 1. The van der Waals surface area contributed by atoms with E-state index in [0.717, 1.165) is 54.5 Å². The quantitative estimate of drug-likeness (QED) is 0.500. The van der Waals surface area contributed by atoms with Gasteiger partial charge < -0.3 is 14.7 Å². The minimum atomic E-state index is -0.978. The van der Waals surface area contributed by atoms with Crippen molar-refractivity contribution >= 4 is 11.8 Å². The van der Waals surface area contributed by atoms with Gasteiger partial charge in [0.25, 0.3) is 0 Å². The van der Waals surface area contributed by atoms with Gasteiger partial charge in [-0.05, 0) is 87.9 Å². The molecule has 1 amide bonds. The molecule has 1 N–H and O–H groups in total. The fourth-order valence-corrected chi connectivity index (χ4v) is 6.46. The Morgan fingerprint density at radius 2 is 1.83 bits per heavy atom. The fourth-order valence-electron chi connectivity index (χ4n) is 6.46. The van der Waals surface area contributed by atoms with Crippen LogP contribution in [0.1, 0.15) is 37.8 Å². The predicted octanol–water partition coefficient (Wildman–Crippen LogP) is 5.81. The van der Waals surface area contributed by atoms with E-state index in [2.05, 4.69) is 22.8 Å². The predicted molar refractivity (Wildman–Crippen MR) is 135 cm³/mol. The third-order valence-electron chi connectivity index (χ3n) is 8.18. The summed E-state index contributed by atoms with van der Waals surface area (Å²) in [6.45, 7) is 4.24. The lowest BCUT2D eigenvalue weighted by Gasteiger charge is -2.34. The van der Waals surface area contributed by atoms with Crippen molar-refractivity contribution in [3.8, 4) is 22.6 Å². The van der Waals surface area contributed by atoms with Crippen molar-refractivity contribution in [3.63, 3.8) is 0 Å². The van der Waals surface area contributed by atoms with E-state index in [0.29, 0.717) is 36.1 Å². The average molecular weight is 491 g/mol. The molecule has 7 nitrogen and oxygen atoms in total. The second-order valence-corrected chi connectivity index (χ2v) is 10.6. The van der Waals surface area contributed by atoms with Crippen LogP contribution in [0.25, 0.3) is 11.1 Å². The zero-order valence-corrected chi connectivity index (χ0v) is 20.6. The smallest absolute Gasteiger partial charge is 0.412 e. The molecule has 36 heavy (non-hydrogen) atoms. The highest BCUT2D eigenvalue weighted by Crippen LogP contribution is 2.46. The second kappa shape index (κ2) is 8.92. The van der Waals surface area contributed by atoms with Crippen LogP contribution in [0.15, 0.2) is 48.8 Å². The molecule has 2 aromatic carbocycles. The fraction of sp³-hybridized carbons (Fsp3) is 0.429. The molecule has 3 atom stereocenters. The molecule has 0 spiro atoms. The van der Waals surface area contributed by atoms with Gasteiger partial charge in [0.05, 0.1) is 17.9 Å². The number of nitrogens with zero attached hydrogens (tertiary/aromatic N) is 4. The summed E-state index contributed by atoms with van der Waals surface area (Å²) in [6, 6.07) is 9.98. The van der Waals surface area contributed by atoms with Crippen LogP contribution in [0.3, 0.4) is 0 Å². The summed E-state index contributed by atoms with van der Waals surface area (Å²) >= 11 is 0. The first-order valence-electron chi connectivity index (χ1n) is 12.7. The Morgan fingerprint density at radius 1 is 1.11 bits per heavy atom. The number of aromatic nitrogens is 2. The van der Waals surface area contributed by atoms with Crippen LogP contribution in [0.2, 0.25) is 0 Å². The molecule has 2 aliphatic heterocycles. The first-order chi connectivity index (χ1) is 17.4. The number of benzene rings is 2. The molecule has 0 radical (unpaired) electrons. The molecule has 1 saturated carbocycles. The monoisotopic (exact) mass is 490 g/mol. The van der Waals surface area contributed by atoms with Crippen molar-refractivity contribution in [1.29, 1.82) is 0 Å². The van der Waals surface area contributed by atoms with Crippen molar-refractivity contribution in [1.82, 2.24) is 14.7 Å². The number of rotatable bonds is 4. The van der Waals surface area contributed by atoms with E-state index in [9.17, 15) is 14.3 Å². The van der Waals surface area contributed by atoms with E-state index in [1.165, 1.54) is 17.0 Å². The summed E-state index contributed by atoms with van der Waals surface area (Å²) in [4.78, 5) is 15.9. The third kappa shape index (κ3) is 4.03. The van der Waals surface area contributed by atoms with Gasteiger partial charge in [-0.2, -0.15) is 5.10 Å². The normalized spacial score (nSPS) is 25.6. The zero-order valence-electron chi connectivity index (χ0n) is 20.6. The Hall–Kier alpha value is -3.39. The summed E-state index contributed by atoms with van der Waals surface area (Å²) in [5.41, 5.74) is 3.29. The van der Waals surface area contributed by atoms with Gasteiger partial charge in [-0.3, -0.25) is 9.58 Å². The number of ether oxygens (including phenoxy) is 1. The van der Waals surface area contributed by atoms with Crippen LogP contribution < -0.4 is 9.64 Å². The van der Waals surface area contributed by atoms with Crippen LogP contribution in [0, 0.1) is 17.7 Å². The number of amides is 1. The first-order valence-corrected chi connectivity index (χ1v) is 12.7. The molecule has 8 heteroatoms. The van der Waals surface area contributed by atoms with Crippen molar-refractivity contribution < 1.29 is 19.0 Å². The number of hydrogen-bond acceptors (Lipinski definition) is 4. The van der Waals surface area contributed by atoms with Crippen LogP contribution in [-0.2, 0) is 6.42 Å². The van der Waals surface area contributed by atoms with Crippen LogP contribution in [0.5, 0.6) is 11.5 Å². The van der Waals surface area contributed by atoms with E-state index in [4.69, 9.17) is 9.84 Å². The Balaban J connectivity index is 1.38. The molecular weight excluding hydrogens is 459 g/mol. The molecule has 3 heterocycles. The highest BCUT2D eigenvalue weighted by Gasteiger charge is 2.40. The highest BCUT2D eigenvalue weighted by molar-refractivity contribution is 5.91. The lowest BCUT2D eigenvalue weighted by atomic mass is 9.92. The molecule has 0 bridgehead atoms. The third-order valence-corrected chi connectivity index (χ3v) is 8.18. The van der Waals surface area contributed by atoms with Crippen molar-refractivity contribution in [2.24, 2.45) is 11.8 Å². The average Bonchev–Trinajstić information content (AvgIpc) is 3.55. The Labute approximate surface area is 210 Å². The number of halogens is 1. The Morgan fingerprint density at radius 3 is 2.53 bits per heavy atom. The van der Waals surface area contributed by atoms with E-state index < -0.39 is 6.09 Å². The van der Waals surface area contributed by atoms with Crippen molar-refractivity contribution in [2.45, 2.75) is 44.7 Å². The maximum atomic E-state index is 13.5. The van der Waals surface area contributed by atoms with Crippen molar-refractivity contribution in [3.05, 3.63) is 60.2 Å². The number of likely N-dealkylation sites (tertiary alicyclic amines) is 1. The van der Waals surface area contributed by atoms with Gasteiger partial charge >= 0.3 is 6.09 Å². The largest absolute Gasteiger partial charge is 0.465 e. The first kappa shape index (κ1) is 23.0. The lowest BCUT2D eigenvalue weighted by molar-refractivity contribution is 0.198. The van der Waals surface area contributed by atoms with E-state index >= 15 is 0 Å². The molecular formula is C28H31FN4O3. The molecule has 1 aliphatic carbocycles. The standard InChI is InChI=1S/C28H31FN4O3/c1-17-3-8-25-26(33(17)28(34)35)10-9-24(27(25)36-23-6-4-21(29)5-7-23)20-13-30-32(16-20)22-11-18-14-31(2)15-19(18)12-22/h4-7,9-10,13,16-19,22H,3,8,11-12,14-15H2,1-2H3,(H,34,35). The van der Waals surface area contributed by atoms with Crippen molar-refractivity contribution in [2.75, 3.05) is 25.0 Å². The van der Waals surface area contributed by atoms with E-state index in [1.807, 2.05) is 25.3 Å². The van der Waals surface area contributed by atoms with Crippen LogP contribution in [-0.4, -0.2) is 52.1 Å². The molecule has 3 aliphatic rings. The molecule has 1 saturated heterocycles. The van der Waals surface area contributed by atoms with Gasteiger partial charge in [-0.15, -0.1) is 0 Å². The number of fused-ring (bicyclic) bond motifs is 2. The zero-order chi connectivity index (χ0) is 25.0. The summed E-state index contributed by atoms with van der Waals surface area (Å²) < 4.78 is 22.0. The summed E-state index contributed by atoms with van der Waals surface area (Å²) in [5.74, 6) is 2.25. The Kier molecular flexibility index (Phi) is 5.71. The minimum Gasteiger partial charge on any atom is -0.465 e. The number of carboxylic acid groups (broad SMARTS) is 1. The second-order valence-electron chi connectivity index (χ2n) is 10.6. The number of carbonyl (C=O) groups is 1. The van der Waals surface area contributed by atoms with Gasteiger partial charge in [0.2, 0.25) is 0 Å². The summed E-state index contributed by atoms with van der Waals surface area (Å²) in [5, 5.41) is 14.6. The minimum absolute atomic E-state index is 0.122. The van der Waals surface area contributed by atoms with Crippen LogP contribution in [0.4, 0.5) is 14.9 Å². The SMILES string of the molecule is CC1CCc2c(ccc(-c3cnn(C4CC5CN(C)CC5C4)c3)c2Oc2ccc(F)cc2)N1C(=O)O. The van der Waals surface area contributed by atoms with E-state index in [1.54, 1.807) is 12.1 Å². The van der Waals surface area contributed by atoms with E-state index in [-0.39, 0.29) is 11.9 Å². The maximum absolute atomic E-state index is 13.5. The van der Waals surface area contributed by atoms with Gasteiger partial charge in [0.15, 0.2) is 0 Å². The Bertz CT molecular complexity index is 1280. The van der Waals surface area contributed by atoms with Gasteiger partial charge in [-0.1, -0.05) is 0 Å². The molecule has 188 valence electrons. The summed E-state index contributed by atoms with van der Waals surface area (Å²) in [6.07, 6.45) is 6.67. The highest BCUT2D eigenvalue weighted by atomic mass is 19.1. The van der Waals surface area contributed by atoms with Gasteiger partial charge in [0.1, 0.15) is 17.3 Å². The maximum Gasteiger partial charge on any atom is 0.412 e. The van der Waals surface area contributed by atoms with Crippen LogP contribution >= 0.6 is 0 Å².